The molecular formula is C24H28N4O5S2. The van der Waals surface area contributed by atoms with E-state index in [9.17, 15) is 18.0 Å². The molecule has 0 aliphatic carbocycles. The van der Waals surface area contributed by atoms with E-state index in [1.165, 1.54) is 19.2 Å². The highest BCUT2D eigenvalue weighted by molar-refractivity contribution is 7.91. The molecule has 0 bridgehead atoms. The number of aromatic nitrogens is 2. The Labute approximate surface area is 208 Å². The summed E-state index contributed by atoms with van der Waals surface area (Å²) in [6.07, 6.45) is 0.926. The summed E-state index contributed by atoms with van der Waals surface area (Å²) in [5.74, 6) is -0.0123. The number of sulfone groups is 1. The highest BCUT2D eigenvalue weighted by atomic mass is 32.2. The molecule has 2 N–H and O–H groups in total. The molecular weight excluding hydrogens is 488 g/mol. The van der Waals surface area contributed by atoms with Gasteiger partial charge in [-0.15, -0.1) is 10.2 Å². The molecule has 0 aliphatic heterocycles. The van der Waals surface area contributed by atoms with Gasteiger partial charge in [-0.3, -0.25) is 14.9 Å². The Morgan fingerprint density at radius 1 is 1.06 bits per heavy atom. The molecule has 0 saturated heterocycles. The fourth-order valence-electron chi connectivity index (χ4n) is 3.15. The van der Waals surface area contributed by atoms with Crippen molar-refractivity contribution in [3.8, 4) is 5.75 Å². The molecule has 35 heavy (non-hydrogen) atoms. The molecule has 0 fully saturated rings. The molecule has 1 aromatic heterocycles. The summed E-state index contributed by atoms with van der Waals surface area (Å²) in [5.41, 5.74) is 0.551. The normalized spacial score (nSPS) is 11.3. The average molecular weight is 517 g/mol. The van der Waals surface area contributed by atoms with E-state index in [0.29, 0.717) is 35.7 Å². The average Bonchev–Trinajstić information content (AvgIpc) is 3.29. The van der Waals surface area contributed by atoms with Gasteiger partial charge in [-0.25, -0.2) is 8.42 Å². The van der Waals surface area contributed by atoms with E-state index in [1.54, 1.807) is 36.4 Å². The standard InChI is InChI=1S/C24H28N4O5S2/c1-16(2)12-14-35(31,32)20-10-5-4-9-19(20)23(30)26-24-28-27-21(34-24)11-13-25-22(29)17-7-6-8-18(15-17)33-3/h4-10,15-16H,11-14H2,1-3H3,(H,25,29)(H,26,28,30). The second-order valence-corrected chi connectivity index (χ2v) is 11.3. The van der Waals surface area contributed by atoms with Crippen LogP contribution in [0.5, 0.6) is 5.75 Å². The van der Waals surface area contributed by atoms with Gasteiger partial charge in [0, 0.05) is 18.5 Å². The van der Waals surface area contributed by atoms with Crippen LogP contribution in [-0.2, 0) is 16.3 Å². The van der Waals surface area contributed by atoms with Crippen molar-refractivity contribution in [1.29, 1.82) is 0 Å². The summed E-state index contributed by atoms with van der Waals surface area (Å²) in [7, 11) is -2.07. The van der Waals surface area contributed by atoms with E-state index in [0.717, 1.165) is 11.3 Å². The molecule has 0 aliphatic rings. The van der Waals surface area contributed by atoms with E-state index in [-0.39, 0.29) is 33.2 Å². The maximum atomic E-state index is 12.8. The molecule has 2 aromatic carbocycles. The van der Waals surface area contributed by atoms with Crippen LogP contribution < -0.4 is 15.4 Å². The first-order valence-corrected chi connectivity index (χ1v) is 13.5. The number of benzene rings is 2. The van der Waals surface area contributed by atoms with Crippen LogP contribution in [0, 0.1) is 5.92 Å². The van der Waals surface area contributed by atoms with E-state index in [4.69, 9.17) is 4.74 Å². The van der Waals surface area contributed by atoms with Crippen molar-refractivity contribution in [2.75, 3.05) is 24.7 Å². The van der Waals surface area contributed by atoms with Gasteiger partial charge < -0.3 is 10.1 Å². The number of rotatable bonds is 11. The van der Waals surface area contributed by atoms with Crippen molar-refractivity contribution >= 4 is 38.1 Å². The number of anilines is 1. The summed E-state index contributed by atoms with van der Waals surface area (Å²) in [6, 6.07) is 13.0. The zero-order valence-corrected chi connectivity index (χ0v) is 21.4. The Kier molecular flexibility index (Phi) is 8.94. The molecule has 3 aromatic rings. The fourth-order valence-corrected chi connectivity index (χ4v) is 5.66. The monoisotopic (exact) mass is 516 g/mol. The molecule has 0 unspecified atom stereocenters. The lowest BCUT2D eigenvalue weighted by Gasteiger charge is -2.11. The summed E-state index contributed by atoms with van der Waals surface area (Å²) in [5, 5.41) is 14.3. The number of nitrogens with one attached hydrogen (secondary N) is 2. The van der Waals surface area contributed by atoms with Gasteiger partial charge in [0.25, 0.3) is 11.8 Å². The third-order valence-corrected chi connectivity index (χ3v) is 7.77. The number of amides is 2. The smallest absolute Gasteiger partial charge is 0.258 e. The van der Waals surface area contributed by atoms with Crippen molar-refractivity contribution in [2.24, 2.45) is 5.92 Å². The van der Waals surface area contributed by atoms with Gasteiger partial charge in [-0.1, -0.05) is 43.4 Å². The number of hydrogen-bond donors (Lipinski definition) is 2. The van der Waals surface area contributed by atoms with Crippen LogP contribution >= 0.6 is 11.3 Å². The fraction of sp³-hybridized carbons (Fsp3) is 0.333. The minimum Gasteiger partial charge on any atom is -0.497 e. The number of hydrogen-bond acceptors (Lipinski definition) is 8. The lowest BCUT2D eigenvalue weighted by molar-refractivity contribution is 0.0952. The third-order valence-electron chi connectivity index (χ3n) is 5.07. The van der Waals surface area contributed by atoms with Crippen LogP contribution in [0.3, 0.4) is 0 Å². The first-order valence-electron chi connectivity index (χ1n) is 11.1. The first-order chi connectivity index (χ1) is 16.7. The zero-order valence-electron chi connectivity index (χ0n) is 19.8. The highest BCUT2D eigenvalue weighted by Gasteiger charge is 2.23. The van der Waals surface area contributed by atoms with E-state index < -0.39 is 15.7 Å². The predicted molar refractivity (Wildman–Crippen MR) is 135 cm³/mol. The van der Waals surface area contributed by atoms with Crippen LogP contribution in [-0.4, -0.2) is 49.8 Å². The number of ether oxygens (including phenoxy) is 1. The Balaban J connectivity index is 1.59. The van der Waals surface area contributed by atoms with Crippen LogP contribution in [0.15, 0.2) is 53.4 Å². The van der Waals surface area contributed by atoms with Crippen LogP contribution in [0.25, 0.3) is 0 Å². The SMILES string of the molecule is COc1cccc(C(=O)NCCc2nnc(NC(=O)c3ccccc3S(=O)(=O)CCC(C)C)s2)c1. The molecule has 11 heteroatoms. The van der Waals surface area contributed by atoms with Crippen molar-refractivity contribution in [2.45, 2.75) is 31.6 Å². The maximum Gasteiger partial charge on any atom is 0.258 e. The maximum absolute atomic E-state index is 12.8. The highest BCUT2D eigenvalue weighted by Crippen LogP contribution is 2.22. The molecule has 2 amide bonds. The Bertz CT molecular complexity index is 1290. The number of carbonyl (C=O) groups is 2. The third kappa shape index (κ3) is 7.33. The molecule has 0 spiro atoms. The van der Waals surface area contributed by atoms with Crippen LogP contribution in [0.1, 0.15) is 46.0 Å². The van der Waals surface area contributed by atoms with Gasteiger partial charge in [0.2, 0.25) is 5.13 Å². The van der Waals surface area contributed by atoms with E-state index >= 15 is 0 Å². The summed E-state index contributed by atoms with van der Waals surface area (Å²) < 4.78 is 30.7. The molecule has 9 nitrogen and oxygen atoms in total. The Morgan fingerprint density at radius 3 is 2.57 bits per heavy atom. The largest absolute Gasteiger partial charge is 0.497 e. The van der Waals surface area contributed by atoms with Gasteiger partial charge in [-0.2, -0.15) is 0 Å². The first kappa shape index (κ1) is 26.3. The minimum atomic E-state index is -3.61. The van der Waals surface area contributed by atoms with Gasteiger partial charge in [0.15, 0.2) is 9.84 Å². The second kappa shape index (κ2) is 11.9. The number of carbonyl (C=O) groups excluding carboxylic acids is 2. The molecule has 0 saturated carbocycles. The lowest BCUT2D eigenvalue weighted by Crippen LogP contribution is -2.25. The van der Waals surface area contributed by atoms with E-state index in [2.05, 4.69) is 20.8 Å². The molecule has 186 valence electrons. The van der Waals surface area contributed by atoms with Gasteiger partial charge in [-0.05, 0) is 42.7 Å². The minimum absolute atomic E-state index is 0.00291. The second-order valence-electron chi connectivity index (χ2n) is 8.19. The zero-order chi connectivity index (χ0) is 25.4. The Morgan fingerprint density at radius 2 is 1.83 bits per heavy atom. The van der Waals surface area contributed by atoms with Crippen molar-refractivity contribution in [3.63, 3.8) is 0 Å². The Hall–Kier alpha value is -3.31. The molecule has 1 heterocycles. The summed E-state index contributed by atoms with van der Waals surface area (Å²) >= 11 is 1.16. The topological polar surface area (TPSA) is 127 Å². The molecule has 0 radical (unpaired) electrons. The van der Waals surface area contributed by atoms with Crippen LogP contribution in [0.2, 0.25) is 0 Å². The lowest BCUT2D eigenvalue weighted by atomic mass is 10.2. The van der Waals surface area contributed by atoms with Gasteiger partial charge in [0.1, 0.15) is 10.8 Å². The number of nitrogens with zero attached hydrogens (tertiary/aromatic N) is 2. The van der Waals surface area contributed by atoms with Crippen LogP contribution in [0.4, 0.5) is 5.13 Å². The number of methoxy groups -OCH3 is 1. The van der Waals surface area contributed by atoms with Crippen molar-refractivity contribution in [3.05, 3.63) is 64.7 Å². The van der Waals surface area contributed by atoms with Gasteiger partial charge in [0.05, 0.1) is 23.3 Å². The van der Waals surface area contributed by atoms with Gasteiger partial charge >= 0.3 is 0 Å². The molecule has 3 rings (SSSR count). The van der Waals surface area contributed by atoms with Crippen molar-refractivity contribution < 1.29 is 22.7 Å². The molecule has 0 atom stereocenters. The predicted octanol–water partition coefficient (Wildman–Crippen LogP) is 3.59. The van der Waals surface area contributed by atoms with E-state index in [1.807, 2.05) is 13.8 Å². The summed E-state index contributed by atoms with van der Waals surface area (Å²) in [6.45, 7) is 4.23. The van der Waals surface area contributed by atoms with Crippen molar-refractivity contribution in [1.82, 2.24) is 15.5 Å². The quantitative estimate of drug-likeness (QED) is 0.399. The summed E-state index contributed by atoms with van der Waals surface area (Å²) in [4.78, 5) is 25.1.